The fourth-order valence-corrected chi connectivity index (χ4v) is 3.83. The lowest BCUT2D eigenvalue weighted by atomic mass is 9.85. The average molecular weight is 237 g/mol. The molecular weight excluding hydrogens is 210 g/mol. The molecule has 1 heterocycles. The average Bonchev–Trinajstić information content (AvgIpc) is 3.01. The molecule has 1 aliphatic heterocycles. The van der Waals surface area contributed by atoms with Gasteiger partial charge in [-0.3, -0.25) is 9.80 Å². The van der Waals surface area contributed by atoms with E-state index in [1.807, 2.05) is 0 Å². The van der Waals surface area contributed by atoms with Gasteiger partial charge < -0.3 is 5.73 Å². The molecule has 2 unspecified atom stereocenters. The van der Waals surface area contributed by atoms with E-state index in [4.69, 9.17) is 5.73 Å². The van der Waals surface area contributed by atoms with Crippen LogP contribution in [0.2, 0.25) is 0 Å². The number of likely N-dealkylation sites (N-methyl/N-ethyl adjacent to an activating group) is 1. The molecule has 2 aliphatic carbocycles. The van der Waals surface area contributed by atoms with Crippen LogP contribution in [0.3, 0.4) is 0 Å². The monoisotopic (exact) mass is 237 g/mol. The predicted molar refractivity (Wildman–Crippen MR) is 71.0 cm³/mol. The molecule has 3 heteroatoms. The summed E-state index contributed by atoms with van der Waals surface area (Å²) in [5.74, 6) is 0. The fraction of sp³-hybridized carbons (Fsp3) is 1.00. The van der Waals surface area contributed by atoms with E-state index in [0.717, 1.165) is 24.7 Å². The summed E-state index contributed by atoms with van der Waals surface area (Å²) in [6.07, 6.45) is 8.28. The highest BCUT2D eigenvalue weighted by Crippen LogP contribution is 2.41. The van der Waals surface area contributed by atoms with E-state index in [1.54, 1.807) is 0 Å². The van der Waals surface area contributed by atoms with Crippen molar-refractivity contribution in [2.75, 3.05) is 20.1 Å². The van der Waals surface area contributed by atoms with Gasteiger partial charge in [0.15, 0.2) is 0 Å². The molecule has 3 aliphatic rings. The van der Waals surface area contributed by atoms with Crippen LogP contribution in [-0.2, 0) is 0 Å². The van der Waals surface area contributed by atoms with Crippen molar-refractivity contribution < 1.29 is 0 Å². The van der Waals surface area contributed by atoms with E-state index in [-0.39, 0.29) is 5.54 Å². The van der Waals surface area contributed by atoms with Gasteiger partial charge in [0.25, 0.3) is 0 Å². The van der Waals surface area contributed by atoms with Gasteiger partial charge in [-0.15, -0.1) is 0 Å². The molecule has 3 nitrogen and oxygen atoms in total. The van der Waals surface area contributed by atoms with Crippen LogP contribution >= 0.6 is 0 Å². The number of likely N-dealkylation sites (tertiary alicyclic amines) is 1. The van der Waals surface area contributed by atoms with Gasteiger partial charge in [-0.25, -0.2) is 0 Å². The van der Waals surface area contributed by atoms with Gasteiger partial charge in [0.2, 0.25) is 0 Å². The third-order valence-corrected chi connectivity index (χ3v) is 5.48. The van der Waals surface area contributed by atoms with Crippen molar-refractivity contribution in [3.05, 3.63) is 0 Å². The number of hydrogen-bond donors (Lipinski definition) is 1. The van der Waals surface area contributed by atoms with Crippen molar-refractivity contribution in [1.29, 1.82) is 0 Å². The van der Waals surface area contributed by atoms with Gasteiger partial charge in [-0.05, 0) is 46.1 Å². The summed E-state index contributed by atoms with van der Waals surface area (Å²) >= 11 is 0. The topological polar surface area (TPSA) is 32.5 Å². The maximum Gasteiger partial charge on any atom is 0.0473 e. The van der Waals surface area contributed by atoms with Gasteiger partial charge in [0.05, 0.1) is 0 Å². The first-order valence-electron chi connectivity index (χ1n) is 7.35. The molecule has 0 bridgehead atoms. The molecule has 2 N–H and O–H groups in total. The zero-order chi connectivity index (χ0) is 12.0. The normalized spacial score (nSPS) is 39.9. The van der Waals surface area contributed by atoms with Gasteiger partial charge in [-0.1, -0.05) is 6.42 Å². The Kier molecular flexibility index (Phi) is 2.96. The molecule has 2 atom stereocenters. The van der Waals surface area contributed by atoms with Gasteiger partial charge in [0, 0.05) is 36.8 Å². The third-order valence-electron chi connectivity index (χ3n) is 5.48. The first-order valence-corrected chi connectivity index (χ1v) is 7.35. The standard InChI is InChI=1S/C14H27N3/c1-11-8-14(9-15,10-17(11)13-6-7-13)16(2)12-4-3-5-12/h11-13H,3-10,15H2,1-2H3. The fourth-order valence-electron chi connectivity index (χ4n) is 3.83. The molecule has 17 heavy (non-hydrogen) atoms. The van der Waals surface area contributed by atoms with Crippen LogP contribution in [0.4, 0.5) is 0 Å². The molecule has 98 valence electrons. The van der Waals surface area contributed by atoms with Crippen molar-refractivity contribution in [3.63, 3.8) is 0 Å². The Morgan fingerprint density at radius 3 is 2.47 bits per heavy atom. The highest BCUT2D eigenvalue weighted by molar-refractivity contribution is 5.07. The minimum Gasteiger partial charge on any atom is -0.329 e. The highest BCUT2D eigenvalue weighted by atomic mass is 15.3. The Bertz CT molecular complexity index is 285. The van der Waals surface area contributed by atoms with Gasteiger partial charge >= 0.3 is 0 Å². The Balaban J connectivity index is 1.73. The first kappa shape index (κ1) is 11.9. The second-order valence-corrected chi connectivity index (χ2v) is 6.58. The summed E-state index contributed by atoms with van der Waals surface area (Å²) in [6, 6.07) is 2.42. The van der Waals surface area contributed by atoms with Gasteiger partial charge in [-0.2, -0.15) is 0 Å². The first-order chi connectivity index (χ1) is 8.16. The summed E-state index contributed by atoms with van der Waals surface area (Å²) in [7, 11) is 2.32. The maximum absolute atomic E-state index is 6.16. The van der Waals surface area contributed by atoms with E-state index >= 15 is 0 Å². The van der Waals surface area contributed by atoms with Crippen LogP contribution in [-0.4, -0.2) is 53.6 Å². The number of nitrogens with two attached hydrogens (primary N) is 1. The quantitative estimate of drug-likeness (QED) is 0.803. The van der Waals surface area contributed by atoms with Crippen LogP contribution in [0.1, 0.15) is 45.4 Å². The van der Waals surface area contributed by atoms with Crippen molar-refractivity contribution in [2.45, 2.75) is 69.1 Å². The zero-order valence-electron chi connectivity index (χ0n) is 11.4. The molecule has 0 radical (unpaired) electrons. The number of nitrogens with zero attached hydrogens (tertiary/aromatic N) is 2. The number of rotatable bonds is 4. The van der Waals surface area contributed by atoms with Crippen LogP contribution in [0, 0.1) is 0 Å². The molecule has 0 aromatic rings. The third kappa shape index (κ3) is 1.92. The van der Waals surface area contributed by atoms with Crippen LogP contribution in [0.5, 0.6) is 0 Å². The van der Waals surface area contributed by atoms with Crippen molar-refractivity contribution in [1.82, 2.24) is 9.80 Å². The van der Waals surface area contributed by atoms with Crippen LogP contribution in [0.25, 0.3) is 0 Å². The Hall–Kier alpha value is -0.120. The minimum absolute atomic E-state index is 0.271. The predicted octanol–water partition coefficient (Wildman–Crippen LogP) is 1.42. The molecule has 0 aromatic carbocycles. The van der Waals surface area contributed by atoms with Crippen molar-refractivity contribution >= 4 is 0 Å². The Morgan fingerprint density at radius 2 is 2.00 bits per heavy atom. The summed E-state index contributed by atoms with van der Waals surface area (Å²) in [5.41, 5.74) is 6.43. The maximum atomic E-state index is 6.16. The molecule has 0 amide bonds. The Labute approximate surface area is 105 Å². The molecule has 0 aromatic heterocycles. The summed E-state index contributed by atoms with van der Waals surface area (Å²) in [5, 5.41) is 0. The van der Waals surface area contributed by atoms with Crippen LogP contribution < -0.4 is 5.73 Å². The SMILES string of the molecule is CC1CC(CN)(N(C)C2CCC2)CN1C1CC1. The summed E-state index contributed by atoms with van der Waals surface area (Å²) in [6.45, 7) is 4.43. The second kappa shape index (κ2) is 4.22. The molecule has 1 saturated heterocycles. The van der Waals surface area contributed by atoms with E-state index in [0.29, 0.717) is 0 Å². The largest absolute Gasteiger partial charge is 0.329 e. The van der Waals surface area contributed by atoms with E-state index in [1.165, 1.54) is 45.1 Å². The summed E-state index contributed by atoms with van der Waals surface area (Å²) < 4.78 is 0. The second-order valence-electron chi connectivity index (χ2n) is 6.58. The lowest BCUT2D eigenvalue weighted by Gasteiger charge is -2.46. The summed E-state index contributed by atoms with van der Waals surface area (Å²) in [4.78, 5) is 5.36. The van der Waals surface area contributed by atoms with Crippen molar-refractivity contribution in [2.24, 2.45) is 5.73 Å². The molecule has 3 rings (SSSR count). The lowest BCUT2D eigenvalue weighted by molar-refractivity contribution is 0.0426. The Morgan fingerprint density at radius 1 is 1.29 bits per heavy atom. The molecular formula is C14H27N3. The van der Waals surface area contributed by atoms with E-state index in [9.17, 15) is 0 Å². The smallest absolute Gasteiger partial charge is 0.0473 e. The van der Waals surface area contributed by atoms with Crippen LogP contribution in [0.15, 0.2) is 0 Å². The molecule has 2 saturated carbocycles. The number of hydrogen-bond acceptors (Lipinski definition) is 3. The molecule has 0 spiro atoms. The van der Waals surface area contributed by atoms with E-state index in [2.05, 4.69) is 23.8 Å². The van der Waals surface area contributed by atoms with Gasteiger partial charge in [0.1, 0.15) is 0 Å². The highest BCUT2D eigenvalue weighted by Gasteiger charge is 2.50. The molecule has 3 fully saturated rings. The van der Waals surface area contributed by atoms with Crippen molar-refractivity contribution in [3.8, 4) is 0 Å². The zero-order valence-corrected chi connectivity index (χ0v) is 11.4. The van der Waals surface area contributed by atoms with E-state index < -0.39 is 0 Å². The lowest BCUT2D eigenvalue weighted by Crippen LogP contribution is -2.59. The minimum atomic E-state index is 0.271.